The average Bonchev–Trinajstić information content (AvgIpc) is 3.52. The van der Waals surface area contributed by atoms with E-state index in [4.69, 9.17) is 9.72 Å². The highest BCUT2D eigenvalue weighted by Gasteiger charge is 2.44. The van der Waals surface area contributed by atoms with Crippen LogP contribution in [0.15, 0.2) is 55.1 Å². The third kappa shape index (κ3) is 4.30. The van der Waals surface area contributed by atoms with Gasteiger partial charge in [-0.3, -0.25) is 10.00 Å². The van der Waals surface area contributed by atoms with Gasteiger partial charge in [0.15, 0.2) is 11.4 Å². The normalized spacial score (nSPS) is 19.4. The number of aromatic nitrogens is 6. The summed E-state index contributed by atoms with van der Waals surface area (Å²) in [5.41, 5.74) is 3.61. The van der Waals surface area contributed by atoms with Crippen LogP contribution in [-0.2, 0) is 17.0 Å². The van der Waals surface area contributed by atoms with Crippen molar-refractivity contribution in [1.82, 2.24) is 34.7 Å². The summed E-state index contributed by atoms with van der Waals surface area (Å²) in [5, 5.41) is 11.9. The Morgan fingerprint density at radius 3 is 2.64 bits per heavy atom. The van der Waals surface area contributed by atoms with E-state index in [1.165, 1.54) is 16.8 Å². The second-order valence-electron chi connectivity index (χ2n) is 9.73. The van der Waals surface area contributed by atoms with E-state index in [1.54, 1.807) is 19.5 Å². The third-order valence-corrected chi connectivity index (χ3v) is 7.79. The molecule has 14 heteroatoms. The van der Waals surface area contributed by atoms with Crippen molar-refractivity contribution in [3.05, 3.63) is 60.7 Å². The van der Waals surface area contributed by atoms with Gasteiger partial charge in [0.25, 0.3) is 0 Å². The fourth-order valence-corrected chi connectivity index (χ4v) is 5.94. The molecule has 0 aromatic carbocycles. The highest BCUT2D eigenvalue weighted by atomic mass is 32.3. The quantitative estimate of drug-likeness (QED) is 0.302. The summed E-state index contributed by atoms with van der Waals surface area (Å²) in [6.07, 6.45) is 7.67. The minimum absolute atomic E-state index is 0.203. The Morgan fingerprint density at radius 1 is 1.10 bits per heavy atom. The van der Waals surface area contributed by atoms with Crippen LogP contribution in [0.4, 0.5) is 9.70 Å². The van der Waals surface area contributed by atoms with Crippen molar-refractivity contribution < 1.29 is 21.2 Å². The molecule has 39 heavy (non-hydrogen) atoms. The molecule has 3 fully saturated rings. The number of piperidine rings is 1. The van der Waals surface area contributed by atoms with Crippen LogP contribution >= 0.6 is 0 Å². The summed E-state index contributed by atoms with van der Waals surface area (Å²) in [6.45, 7) is 2.59. The van der Waals surface area contributed by atoms with Crippen molar-refractivity contribution in [2.24, 2.45) is 0 Å². The molecule has 2 atom stereocenters. The van der Waals surface area contributed by atoms with Gasteiger partial charge in [-0.1, -0.05) is 9.95 Å². The number of anilines is 1. The first-order chi connectivity index (χ1) is 18.8. The van der Waals surface area contributed by atoms with E-state index < -0.39 is 10.5 Å². The molecular formula is C25H23FN8O4S. The first kappa shape index (κ1) is 23.8. The SMILES string of the molecule is COc1ccc(CN2C3CC2CN(c2ccc(-c4cc(OS(=O)(=O)F)cn5nc6[nH]ncc6c45)cn2)C3)cn1. The molecule has 5 aromatic heterocycles. The summed E-state index contributed by atoms with van der Waals surface area (Å²) >= 11 is 0. The van der Waals surface area contributed by atoms with Crippen LogP contribution in [-0.4, -0.2) is 75.4 Å². The van der Waals surface area contributed by atoms with E-state index in [0.717, 1.165) is 42.8 Å². The van der Waals surface area contributed by atoms with Gasteiger partial charge in [-0.25, -0.2) is 14.5 Å². The molecule has 0 radical (unpaired) electrons. The van der Waals surface area contributed by atoms with Crippen molar-refractivity contribution in [2.45, 2.75) is 25.0 Å². The Kier molecular flexibility index (Phi) is 5.42. The van der Waals surface area contributed by atoms with Gasteiger partial charge in [-0.2, -0.15) is 13.5 Å². The first-order valence-corrected chi connectivity index (χ1v) is 13.6. The lowest BCUT2D eigenvalue weighted by Gasteiger charge is -2.56. The van der Waals surface area contributed by atoms with E-state index in [2.05, 4.69) is 40.3 Å². The Morgan fingerprint density at radius 2 is 1.95 bits per heavy atom. The fraction of sp³-hybridized carbons (Fsp3) is 0.280. The monoisotopic (exact) mass is 550 g/mol. The first-order valence-electron chi connectivity index (χ1n) is 12.3. The zero-order valence-electron chi connectivity index (χ0n) is 20.7. The molecule has 3 saturated heterocycles. The molecule has 3 aliphatic rings. The molecule has 2 unspecified atom stereocenters. The van der Waals surface area contributed by atoms with Crippen LogP contribution < -0.4 is 13.8 Å². The number of aromatic amines is 1. The van der Waals surface area contributed by atoms with Crippen molar-refractivity contribution in [1.29, 1.82) is 0 Å². The minimum atomic E-state index is -5.21. The molecule has 8 rings (SSSR count). The maximum atomic E-state index is 13.3. The van der Waals surface area contributed by atoms with Gasteiger partial charge < -0.3 is 13.8 Å². The lowest BCUT2D eigenvalue weighted by atomic mass is 9.87. The van der Waals surface area contributed by atoms with Gasteiger partial charge in [0.05, 0.1) is 30.4 Å². The number of nitrogens with one attached hydrogen (secondary N) is 1. The number of H-pyrrole nitrogens is 1. The molecule has 8 heterocycles. The number of pyridine rings is 3. The minimum Gasteiger partial charge on any atom is -0.481 e. The molecular weight excluding hydrogens is 527 g/mol. The van der Waals surface area contributed by atoms with Crippen LogP contribution in [0, 0.1) is 0 Å². The summed E-state index contributed by atoms with van der Waals surface area (Å²) in [5.74, 6) is 1.26. The van der Waals surface area contributed by atoms with Crippen molar-refractivity contribution in [2.75, 3.05) is 25.1 Å². The average molecular weight is 551 g/mol. The van der Waals surface area contributed by atoms with Gasteiger partial charge in [0, 0.05) is 61.3 Å². The van der Waals surface area contributed by atoms with E-state index in [9.17, 15) is 12.3 Å². The van der Waals surface area contributed by atoms with Crippen LogP contribution in [0.3, 0.4) is 0 Å². The van der Waals surface area contributed by atoms with Crippen molar-refractivity contribution in [3.8, 4) is 22.8 Å². The van der Waals surface area contributed by atoms with E-state index >= 15 is 0 Å². The number of hydrogen-bond donors (Lipinski definition) is 1. The van der Waals surface area contributed by atoms with E-state index in [1.807, 2.05) is 24.4 Å². The maximum absolute atomic E-state index is 13.3. The molecule has 0 amide bonds. The van der Waals surface area contributed by atoms with Crippen LogP contribution in [0.2, 0.25) is 0 Å². The zero-order chi connectivity index (χ0) is 26.7. The predicted octanol–water partition coefficient (Wildman–Crippen LogP) is 2.73. The molecule has 5 aromatic rings. The fourth-order valence-electron chi connectivity index (χ4n) is 5.62. The number of piperazine rings is 1. The van der Waals surface area contributed by atoms with Gasteiger partial charge in [-0.15, -0.1) is 5.10 Å². The molecule has 0 saturated carbocycles. The molecule has 2 bridgehead atoms. The molecule has 0 spiro atoms. The highest BCUT2D eigenvalue weighted by Crippen LogP contribution is 2.37. The Balaban J connectivity index is 1.13. The van der Waals surface area contributed by atoms with Gasteiger partial charge in [-0.05, 0) is 30.2 Å². The summed E-state index contributed by atoms with van der Waals surface area (Å²) in [6, 6.07) is 10.1. The summed E-state index contributed by atoms with van der Waals surface area (Å²) in [4.78, 5) is 13.8. The van der Waals surface area contributed by atoms with Crippen LogP contribution in [0.1, 0.15) is 12.0 Å². The second kappa shape index (κ2) is 8.88. The predicted molar refractivity (Wildman–Crippen MR) is 139 cm³/mol. The number of hydrogen-bond acceptors (Lipinski definition) is 10. The van der Waals surface area contributed by atoms with Crippen LogP contribution in [0.5, 0.6) is 11.6 Å². The Bertz CT molecular complexity index is 1780. The third-order valence-electron chi connectivity index (χ3n) is 7.40. The molecule has 1 N–H and O–H groups in total. The lowest BCUT2D eigenvalue weighted by Crippen LogP contribution is -2.68. The highest BCUT2D eigenvalue weighted by molar-refractivity contribution is 7.81. The van der Waals surface area contributed by atoms with E-state index in [-0.39, 0.29) is 5.75 Å². The number of halogens is 1. The maximum Gasteiger partial charge on any atom is 0.488 e. The molecule has 0 aliphatic carbocycles. The van der Waals surface area contributed by atoms with E-state index in [0.29, 0.717) is 40.3 Å². The zero-order valence-corrected chi connectivity index (χ0v) is 21.5. The number of nitrogens with zero attached hydrogens (tertiary/aromatic N) is 7. The van der Waals surface area contributed by atoms with Gasteiger partial charge in [0.2, 0.25) is 5.88 Å². The van der Waals surface area contributed by atoms with Crippen LogP contribution in [0.25, 0.3) is 27.7 Å². The number of rotatable bonds is 7. The Hall–Kier alpha value is -4.30. The number of methoxy groups -OCH3 is 1. The largest absolute Gasteiger partial charge is 0.488 e. The van der Waals surface area contributed by atoms with Crippen molar-refractivity contribution >= 4 is 32.9 Å². The second-order valence-corrected chi connectivity index (χ2v) is 10.7. The smallest absolute Gasteiger partial charge is 0.481 e. The standard InChI is InChI=1S/C25H23FN8O4S/c1-37-23-5-2-15(8-28-23)11-33-17-6-18(33)13-32(12-17)22-4-3-16(9-27-22)20-7-19(38-39(26,35)36)14-34-24(20)21-10-29-30-25(21)31-34/h2-5,7-10,14,17-18H,6,11-13H2,1H3,(H,30,31). The summed E-state index contributed by atoms with van der Waals surface area (Å²) in [7, 11) is -3.60. The molecule has 12 nitrogen and oxygen atoms in total. The molecule has 200 valence electrons. The van der Waals surface area contributed by atoms with Gasteiger partial charge in [0.1, 0.15) is 5.82 Å². The number of ether oxygens (including phenoxy) is 1. The molecule has 3 aliphatic heterocycles. The number of fused-ring (bicyclic) bond motifs is 5. The topological polar surface area (TPSA) is 131 Å². The summed E-state index contributed by atoms with van der Waals surface area (Å²) < 4.78 is 46.7. The lowest BCUT2D eigenvalue weighted by molar-refractivity contribution is -0.00876. The Labute approximate surface area is 222 Å². The van der Waals surface area contributed by atoms with Gasteiger partial charge >= 0.3 is 10.5 Å². The van der Waals surface area contributed by atoms with Crippen molar-refractivity contribution in [3.63, 3.8) is 0 Å².